The van der Waals surface area contributed by atoms with Gasteiger partial charge in [0, 0.05) is 15.8 Å². The van der Waals surface area contributed by atoms with Crippen molar-refractivity contribution in [2.24, 2.45) is 10.2 Å². The number of H-pyrrole nitrogens is 1. The summed E-state index contributed by atoms with van der Waals surface area (Å²) in [6.07, 6.45) is 0. The summed E-state index contributed by atoms with van der Waals surface area (Å²) >= 11 is 11.8. The van der Waals surface area contributed by atoms with E-state index < -0.39 is 5.91 Å². The summed E-state index contributed by atoms with van der Waals surface area (Å²) in [4.78, 5) is 14.7. The Labute approximate surface area is 147 Å². The Balaban J connectivity index is 1.69. The van der Waals surface area contributed by atoms with E-state index in [1.165, 1.54) is 6.07 Å². The van der Waals surface area contributed by atoms with Gasteiger partial charge in [-0.3, -0.25) is 4.79 Å². The summed E-state index contributed by atoms with van der Waals surface area (Å²) in [7, 11) is 0. The lowest BCUT2D eigenvalue weighted by Crippen LogP contribution is -2.08. The molecule has 0 aliphatic carbocycles. The molecule has 0 radical (unpaired) electrons. The number of halogens is 2. The maximum absolute atomic E-state index is 11.8. The van der Waals surface area contributed by atoms with Crippen molar-refractivity contribution in [3.05, 3.63) is 52.5 Å². The minimum absolute atomic E-state index is 0.293. The molecule has 0 saturated heterocycles. The summed E-state index contributed by atoms with van der Waals surface area (Å²) in [6.45, 7) is -0.293. The van der Waals surface area contributed by atoms with Crippen molar-refractivity contribution in [1.29, 1.82) is 0 Å². The number of carbonyl (C=O) groups is 1. The number of fused-ring (bicyclic) bond motifs is 1. The largest absolute Gasteiger partial charge is 0.482 e. The highest BCUT2D eigenvalue weighted by Gasteiger charge is 2.09. The zero-order valence-corrected chi connectivity index (χ0v) is 13.8. The van der Waals surface area contributed by atoms with Crippen molar-refractivity contribution >= 4 is 51.5 Å². The van der Waals surface area contributed by atoms with Gasteiger partial charge in [0.1, 0.15) is 11.6 Å². The number of nitrogen functional groups attached to an aromatic ring is 1. The number of nitrogens with zero attached hydrogens (tertiary/aromatic N) is 2. The van der Waals surface area contributed by atoms with Crippen LogP contribution in [0.25, 0.3) is 10.8 Å². The number of aromatic amines is 1. The molecular formula is C16H12Cl2N4O2. The van der Waals surface area contributed by atoms with E-state index in [1.807, 2.05) is 24.3 Å². The maximum atomic E-state index is 11.8. The van der Waals surface area contributed by atoms with Crippen LogP contribution < -0.4 is 10.5 Å². The van der Waals surface area contributed by atoms with E-state index in [1.54, 1.807) is 12.1 Å². The number of nitrogens with two attached hydrogens (primary N) is 1. The van der Waals surface area contributed by atoms with Crippen molar-refractivity contribution in [3.8, 4) is 5.75 Å². The Morgan fingerprint density at radius 1 is 1.17 bits per heavy atom. The van der Waals surface area contributed by atoms with Gasteiger partial charge >= 0.3 is 5.91 Å². The molecule has 0 unspecified atom stereocenters. The molecule has 0 atom stereocenters. The van der Waals surface area contributed by atoms with E-state index in [0.29, 0.717) is 27.4 Å². The minimum atomic E-state index is -0.557. The molecule has 0 aliphatic heterocycles. The van der Waals surface area contributed by atoms with Gasteiger partial charge in [0.15, 0.2) is 12.4 Å². The van der Waals surface area contributed by atoms with Crippen LogP contribution in [-0.2, 0) is 4.79 Å². The zero-order valence-electron chi connectivity index (χ0n) is 12.3. The summed E-state index contributed by atoms with van der Waals surface area (Å²) in [5.74, 6) is 0.676. The molecule has 122 valence electrons. The van der Waals surface area contributed by atoms with Gasteiger partial charge in [-0.1, -0.05) is 47.5 Å². The van der Waals surface area contributed by atoms with Crippen molar-refractivity contribution in [2.45, 2.75) is 0 Å². The molecule has 3 N–H and O–H groups in total. The molecule has 0 bridgehead atoms. The molecule has 1 aromatic heterocycles. The van der Waals surface area contributed by atoms with Gasteiger partial charge in [-0.05, 0) is 18.2 Å². The van der Waals surface area contributed by atoms with Crippen LogP contribution in [0, 0.1) is 0 Å². The Kier molecular flexibility index (Phi) is 4.69. The molecule has 0 fully saturated rings. The van der Waals surface area contributed by atoms with Crippen molar-refractivity contribution in [2.75, 3.05) is 12.3 Å². The lowest BCUT2D eigenvalue weighted by atomic mass is 10.2. The molecule has 1 amide bonds. The van der Waals surface area contributed by atoms with E-state index in [-0.39, 0.29) is 6.61 Å². The third kappa shape index (κ3) is 3.50. The first-order valence-electron chi connectivity index (χ1n) is 6.93. The molecule has 0 spiro atoms. The Hall–Kier alpha value is -2.57. The van der Waals surface area contributed by atoms with Crippen LogP contribution in [0.5, 0.6) is 5.75 Å². The number of ether oxygens (including phenoxy) is 1. The van der Waals surface area contributed by atoms with Gasteiger partial charge in [-0.2, -0.15) is 0 Å². The molecule has 0 saturated carbocycles. The van der Waals surface area contributed by atoms with E-state index in [2.05, 4.69) is 15.2 Å². The summed E-state index contributed by atoms with van der Waals surface area (Å²) < 4.78 is 5.31. The van der Waals surface area contributed by atoms with Crippen LogP contribution in [-0.4, -0.2) is 17.5 Å². The van der Waals surface area contributed by atoms with Crippen LogP contribution in [0.2, 0.25) is 10.0 Å². The first-order valence-corrected chi connectivity index (χ1v) is 7.69. The number of benzene rings is 2. The van der Waals surface area contributed by atoms with Gasteiger partial charge in [-0.25, -0.2) is 0 Å². The molecule has 3 rings (SSSR count). The Bertz CT molecular complexity index is 937. The number of carbonyl (C=O) groups excluding carboxylic acids is 1. The Morgan fingerprint density at radius 2 is 1.92 bits per heavy atom. The zero-order chi connectivity index (χ0) is 17.1. The average molecular weight is 363 g/mol. The van der Waals surface area contributed by atoms with Crippen LogP contribution in [0.1, 0.15) is 0 Å². The molecule has 0 aliphatic rings. The topological polar surface area (TPSA) is 92.8 Å². The summed E-state index contributed by atoms with van der Waals surface area (Å²) in [5, 5.41) is 9.94. The Morgan fingerprint density at radius 3 is 2.67 bits per heavy atom. The number of hydrogen-bond acceptors (Lipinski definition) is 4. The average Bonchev–Trinajstić information content (AvgIpc) is 2.89. The molecule has 3 aromatic rings. The number of rotatable bonds is 4. The third-order valence-electron chi connectivity index (χ3n) is 3.23. The second-order valence-electron chi connectivity index (χ2n) is 4.89. The summed E-state index contributed by atoms with van der Waals surface area (Å²) in [6, 6.07) is 12.1. The second kappa shape index (κ2) is 6.90. The first kappa shape index (κ1) is 16.3. The van der Waals surface area contributed by atoms with Crippen LogP contribution in [0.15, 0.2) is 52.7 Å². The highest BCUT2D eigenvalue weighted by atomic mass is 35.5. The maximum Gasteiger partial charge on any atom is 0.302 e. The molecule has 8 heteroatoms. The SMILES string of the molecule is Nc1[nH]c(N=NC(=O)COc2ccc(Cl)cc2Cl)c2ccccc12. The predicted molar refractivity (Wildman–Crippen MR) is 94.2 cm³/mol. The van der Waals surface area contributed by atoms with Crippen molar-refractivity contribution in [3.63, 3.8) is 0 Å². The van der Waals surface area contributed by atoms with E-state index in [0.717, 1.165) is 10.8 Å². The normalized spacial score (nSPS) is 11.2. The second-order valence-corrected chi connectivity index (χ2v) is 5.73. The fraction of sp³-hybridized carbons (Fsp3) is 0.0625. The van der Waals surface area contributed by atoms with E-state index >= 15 is 0 Å². The fourth-order valence-corrected chi connectivity index (χ4v) is 2.60. The number of amides is 1. The van der Waals surface area contributed by atoms with E-state index in [9.17, 15) is 4.79 Å². The van der Waals surface area contributed by atoms with Crippen molar-refractivity contribution < 1.29 is 9.53 Å². The highest BCUT2D eigenvalue weighted by Crippen LogP contribution is 2.30. The van der Waals surface area contributed by atoms with E-state index in [4.69, 9.17) is 33.7 Å². The number of nitrogens with one attached hydrogen (secondary N) is 1. The summed E-state index contributed by atoms with van der Waals surface area (Å²) in [5.41, 5.74) is 5.85. The molecule has 6 nitrogen and oxygen atoms in total. The highest BCUT2D eigenvalue weighted by molar-refractivity contribution is 6.35. The van der Waals surface area contributed by atoms with Gasteiger partial charge in [0.2, 0.25) is 0 Å². The minimum Gasteiger partial charge on any atom is -0.482 e. The van der Waals surface area contributed by atoms with Crippen LogP contribution >= 0.6 is 23.2 Å². The number of azo groups is 1. The first-order chi connectivity index (χ1) is 11.5. The molecule has 2 aromatic carbocycles. The molecular weight excluding hydrogens is 351 g/mol. The van der Waals surface area contributed by atoms with Gasteiger partial charge in [0.05, 0.1) is 5.02 Å². The van der Waals surface area contributed by atoms with Crippen LogP contribution in [0.3, 0.4) is 0 Å². The van der Waals surface area contributed by atoms with Gasteiger partial charge in [-0.15, -0.1) is 10.2 Å². The standard InChI is InChI=1S/C16H12Cl2N4O2/c17-9-5-6-13(12(18)7-9)24-8-14(23)21-22-16-11-4-2-1-3-10(11)15(19)20-16/h1-7,20H,8,19H2. The van der Waals surface area contributed by atoms with Gasteiger partial charge < -0.3 is 15.5 Å². The number of anilines is 1. The molecule has 1 heterocycles. The quantitative estimate of drug-likeness (QED) is 0.656. The fourth-order valence-electron chi connectivity index (χ4n) is 2.13. The molecule has 24 heavy (non-hydrogen) atoms. The predicted octanol–water partition coefficient (Wildman–Crippen LogP) is 4.75. The third-order valence-corrected chi connectivity index (χ3v) is 3.76. The van der Waals surface area contributed by atoms with Gasteiger partial charge in [0.25, 0.3) is 0 Å². The monoisotopic (exact) mass is 362 g/mol. The lowest BCUT2D eigenvalue weighted by molar-refractivity contribution is -0.120. The number of aromatic nitrogens is 1. The smallest absolute Gasteiger partial charge is 0.302 e. The number of hydrogen-bond donors (Lipinski definition) is 2. The lowest BCUT2D eigenvalue weighted by Gasteiger charge is -2.05. The van der Waals surface area contributed by atoms with Crippen molar-refractivity contribution in [1.82, 2.24) is 4.98 Å². The van der Waals surface area contributed by atoms with Crippen LogP contribution in [0.4, 0.5) is 11.6 Å².